The number of carbonyl (C=O) groups is 1. The van der Waals surface area contributed by atoms with Crippen molar-refractivity contribution in [1.82, 2.24) is 0 Å². The van der Waals surface area contributed by atoms with E-state index in [0.29, 0.717) is 5.56 Å². The standard InChI is InChI=1S/C18H12F2O/c19-16-6-3-7-17(20)15(16)11-18(21)14-9-8-12-4-1-2-5-13(12)10-14/h1-10H,11H2. The highest BCUT2D eigenvalue weighted by Crippen LogP contribution is 2.19. The van der Waals surface area contributed by atoms with E-state index < -0.39 is 11.6 Å². The number of hydrogen-bond acceptors (Lipinski definition) is 1. The Morgan fingerprint density at radius 2 is 1.48 bits per heavy atom. The number of fused-ring (bicyclic) bond motifs is 1. The Kier molecular flexibility index (Phi) is 3.48. The third kappa shape index (κ3) is 2.68. The summed E-state index contributed by atoms with van der Waals surface area (Å²) in [6.07, 6.45) is -0.281. The third-order valence-electron chi connectivity index (χ3n) is 3.47. The Morgan fingerprint density at radius 1 is 0.810 bits per heavy atom. The van der Waals surface area contributed by atoms with Gasteiger partial charge in [-0.05, 0) is 29.0 Å². The van der Waals surface area contributed by atoms with Crippen LogP contribution in [0.5, 0.6) is 0 Å². The van der Waals surface area contributed by atoms with Crippen molar-refractivity contribution in [2.45, 2.75) is 6.42 Å². The van der Waals surface area contributed by atoms with E-state index in [4.69, 9.17) is 0 Å². The molecule has 0 radical (unpaired) electrons. The number of rotatable bonds is 3. The average Bonchev–Trinajstić information content (AvgIpc) is 2.50. The van der Waals surface area contributed by atoms with Crippen LogP contribution in [0, 0.1) is 11.6 Å². The molecule has 3 rings (SSSR count). The predicted molar refractivity (Wildman–Crippen MR) is 78.3 cm³/mol. The van der Waals surface area contributed by atoms with Gasteiger partial charge in [0.2, 0.25) is 0 Å². The molecule has 0 aromatic heterocycles. The van der Waals surface area contributed by atoms with Crippen molar-refractivity contribution in [3.63, 3.8) is 0 Å². The van der Waals surface area contributed by atoms with Crippen LogP contribution >= 0.6 is 0 Å². The minimum absolute atomic E-state index is 0.185. The van der Waals surface area contributed by atoms with Gasteiger partial charge in [0.25, 0.3) is 0 Å². The van der Waals surface area contributed by atoms with Gasteiger partial charge in [-0.3, -0.25) is 4.79 Å². The molecule has 0 bridgehead atoms. The number of halogens is 2. The van der Waals surface area contributed by atoms with E-state index in [0.717, 1.165) is 22.9 Å². The lowest BCUT2D eigenvalue weighted by Crippen LogP contribution is -2.07. The molecule has 0 fully saturated rings. The Balaban J connectivity index is 1.94. The van der Waals surface area contributed by atoms with Crippen molar-refractivity contribution in [2.24, 2.45) is 0 Å². The maximum atomic E-state index is 13.6. The molecule has 3 aromatic rings. The maximum Gasteiger partial charge on any atom is 0.167 e. The smallest absolute Gasteiger partial charge is 0.167 e. The highest BCUT2D eigenvalue weighted by Gasteiger charge is 2.14. The summed E-state index contributed by atoms with van der Waals surface area (Å²) in [5, 5.41) is 1.95. The second kappa shape index (κ2) is 5.44. The molecule has 104 valence electrons. The Bertz CT molecular complexity index is 804. The van der Waals surface area contributed by atoms with Gasteiger partial charge >= 0.3 is 0 Å². The summed E-state index contributed by atoms with van der Waals surface area (Å²) >= 11 is 0. The number of hydrogen-bond donors (Lipinski definition) is 0. The average molecular weight is 282 g/mol. The molecule has 0 aliphatic rings. The van der Waals surface area contributed by atoms with E-state index >= 15 is 0 Å². The summed E-state index contributed by atoms with van der Waals surface area (Å²) in [7, 11) is 0. The van der Waals surface area contributed by atoms with Crippen LogP contribution in [0.25, 0.3) is 10.8 Å². The summed E-state index contributed by atoms with van der Waals surface area (Å²) in [4.78, 5) is 12.2. The van der Waals surface area contributed by atoms with Gasteiger partial charge in [-0.25, -0.2) is 8.78 Å². The molecular weight excluding hydrogens is 270 g/mol. The fourth-order valence-corrected chi connectivity index (χ4v) is 2.33. The van der Waals surface area contributed by atoms with Gasteiger partial charge < -0.3 is 0 Å². The molecule has 0 unspecified atom stereocenters. The summed E-state index contributed by atoms with van der Waals surface area (Å²) in [6.45, 7) is 0. The van der Waals surface area contributed by atoms with Crippen LogP contribution in [0.15, 0.2) is 60.7 Å². The predicted octanol–water partition coefficient (Wildman–Crippen LogP) is 4.54. The normalized spacial score (nSPS) is 10.8. The van der Waals surface area contributed by atoms with E-state index in [1.54, 1.807) is 12.1 Å². The molecule has 0 spiro atoms. The summed E-state index contributed by atoms with van der Waals surface area (Å²) in [6, 6.07) is 16.5. The second-order valence-corrected chi connectivity index (χ2v) is 4.86. The van der Waals surface area contributed by atoms with Crippen molar-refractivity contribution in [1.29, 1.82) is 0 Å². The molecule has 0 N–H and O–H groups in total. The summed E-state index contributed by atoms with van der Waals surface area (Å²) in [5.41, 5.74) is 0.270. The fourth-order valence-electron chi connectivity index (χ4n) is 2.33. The Labute approximate surface area is 120 Å². The van der Waals surface area contributed by atoms with Crippen molar-refractivity contribution in [2.75, 3.05) is 0 Å². The first-order chi connectivity index (χ1) is 10.1. The van der Waals surface area contributed by atoms with Gasteiger partial charge in [-0.2, -0.15) is 0 Å². The van der Waals surface area contributed by atoms with E-state index in [9.17, 15) is 13.6 Å². The zero-order valence-corrected chi connectivity index (χ0v) is 11.1. The number of carbonyl (C=O) groups excluding carboxylic acids is 1. The van der Waals surface area contributed by atoms with Crippen LogP contribution < -0.4 is 0 Å². The Hall–Kier alpha value is -2.55. The monoisotopic (exact) mass is 282 g/mol. The van der Waals surface area contributed by atoms with Gasteiger partial charge in [0.1, 0.15) is 11.6 Å². The van der Waals surface area contributed by atoms with Crippen molar-refractivity contribution < 1.29 is 13.6 Å². The largest absolute Gasteiger partial charge is 0.294 e. The zero-order valence-electron chi connectivity index (χ0n) is 11.1. The van der Waals surface area contributed by atoms with Gasteiger partial charge in [0, 0.05) is 17.5 Å². The van der Waals surface area contributed by atoms with Gasteiger partial charge in [-0.15, -0.1) is 0 Å². The molecule has 21 heavy (non-hydrogen) atoms. The molecule has 0 heterocycles. The molecule has 3 heteroatoms. The summed E-state index contributed by atoms with van der Waals surface area (Å²) in [5.74, 6) is -1.68. The lowest BCUT2D eigenvalue weighted by Gasteiger charge is -2.06. The van der Waals surface area contributed by atoms with Crippen molar-refractivity contribution in [3.05, 3.63) is 83.4 Å². The topological polar surface area (TPSA) is 17.1 Å². The molecule has 1 nitrogen and oxygen atoms in total. The quantitative estimate of drug-likeness (QED) is 0.644. The van der Waals surface area contributed by atoms with Gasteiger partial charge in [0.05, 0.1) is 0 Å². The van der Waals surface area contributed by atoms with Crippen LogP contribution in [-0.2, 0) is 6.42 Å². The van der Waals surface area contributed by atoms with Gasteiger partial charge in [0.15, 0.2) is 5.78 Å². The van der Waals surface area contributed by atoms with Crippen LogP contribution in [0.1, 0.15) is 15.9 Å². The number of benzene rings is 3. The molecule has 0 saturated heterocycles. The fraction of sp³-hybridized carbons (Fsp3) is 0.0556. The second-order valence-electron chi connectivity index (χ2n) is 4.86. The maximum absolute atomic E-state index is 13.6. The molecule has 0 amide bonds. The first-order valence-electron chi connectivity index (χ1n) is 6.60. The lowest BCUT2D eigenvalue weighted by molar-refractivity contribution is 0.0990. The Morgan fingerprint density at radius 3 is 2.19 bits per heavy atom. The van der Waals surface area contributed by atoms with Crippen LogP contribution in [0.4, 0.5) is 8.78 Å². The van der Waals surface area contributed by atoms with E-state index in [1.165, 1.54) is 6.07 Å². The molecular formula is C18H12F2O. The highest BCUT2D eigenvalue weighted by atomic mass is 19.1. The number of Topliss-reactive ketones (excluding diaryl/α,β-unsaturated/α-hetero) is 1. The molecule has 3 aromatic carbocycles. The van der Waals surface area contributed by atoms with Crippen LogP contribution in [0.2, 0.25) is 0 Å². The van der Waals surface area contributed by atoms with Crippen molar-refractivity contribution in [3.8, 4) is 0 Å². The first-order valence-corrected chi connectivity index (χ1v) is 6.60. The van der Waals surface area contributed by atoms with Crippen LogP contribution in [0.3, 0.4) is 0 Å². The van der Waals surface area contributed by atoms with E-state index in [2.05, 4.69) is 0 Å². The molecule has 0 atom stereocenters. The van der Waals surface area contributed by atoms with Crippen LogP contribution in [-0.4, -0.2) is 5.78 Å². The summed E-state index contributed by atoms with van der Waals surface area (Å²) < 4.78 is 27.2. The van der Waals surface area contributed by atoms with E-state index in [1.807, 2.05) is 30.3 Å². The highest BCUT2D eigenvalue weighted by molar-refractivity contribution is 6.01. The molecule has 0 aliphatic heterocycles. The number of ketones is 1. The van der Waals surface area contributed by atoms with E-state index in [-0.39, 0.29) is 17.8 Å². The SMILES string of the molecule is O=C(Cc1c(F)cccc1F)c1ccc2ccccc2c1. The minimum Gasteiger partial charge on any atom is -0.294 e. The third-order valence-corrected chi connectivity index (χ3v) is 3.47. The molecule has 0 aliphatic carbocycles. The van der Waals surface area contributed by atoms with Crippen molar-refractivity contribution >= 4 is 16.6 Å². The first kappa shape index (κ1) is 13.4. The zero-order chi connectivity index (χ0) is 14.8. The minimum atomic E-state index is -0.691. The van der Waals surface area contributed by atoms with Gasteiger partial charge in [-0.1, -0.05) is 42.5 Å². The molecule has 0 saturated carbocycles. The lowest BCUT2D eigenvalue weighted by atomic mass is 9.99.